The van der Waals surface area contributed by atoms with Crippen LogP contribution in [0.5, 0.6) is 0 Å². The van der Waals surface area contributed by atoms with Crippen LogP contribution in [0.25, 0.3) is 45.0 Å². The minimum Gasteiger partial charge on any atom is -0.380 e. The molecule has 1 aromatic heterocycles. The Morgan fingerprint density at radius 1 is 0.537 bits per heavy atom. The van der Waals surface area contributed by atoms with E-state index in [1.807, 2.05) is 12.1 Å². The largest absolute Gasteiger partial charge is 0.380 e. The van der Waals surface area contributed by atoms with Gasteiger partial charge in [0.2, 0.25) is 0 Å². The molecule has 5 aromatic carbocycles. The Kier molecular flexibility index (Phi) is 5.27. The fourth-order valence-electron chi connectivity index (χ4n) is 6.79. The second-order valence-corrected chi connectivity index (χ2v) is 11.5. The molecule has 6 aromatic rings. The molecule has 3 heterocycles. The van der Waals surface area contributed by atoms with Gasteiger partial charge in [-0.1, -0.05) is 117 Å². The molecule has 0 saturated carbocycles. The fraction of sp³-hybridized carbons (Fsp3) is 0.0811. The highest BCUT2D eigenvalue weighted by molar-refractivity contribution is 6.84. The molecule has 194 valence electrons. The number of aromatic nitrogens is 2. The van der Waals surface area contributed by atoms with E-state index >= 15 is 0 Å². The van der Waals surface area contributed by atoms with Crippen LogP contribution >= 0.6 is 0 Å². The Morgan fingerprint density at radius 3 is 1.80 bits per heavy atom. The van der Waals surface area contributed by atoms with Crippen LogP contribution in [0.2, 0.25) is 0 Å². The van der Waals surface area contributed by atoms with Gasteiger partial charge in [0.15, 0.2) is 5.82 Å². The minimum atomic E-state index is -0.131. The third-order valence-corrected chi connectivity index (χ3v) is 8.72. The Bertz CT molecular complexity index is 1870. The van der Waals surface area contributed by atoms with Crippen LogP contribution in [0.4, 0.5) is 11.4 Å². The molecule has 4 heteroatoms. The van der Waals surface area contributed by atoms with Crippen molar-refractivity contribution in [1.82, 2.24) is 9.97 Å². The summed E-state index contributed by atoms with van der Waals surface area (Å²) in [5, 5.41) is -0.131. The predicted octanol–water partition coefficient (Wildman–Crippen LogP) is 8.33. The molecule has 0 spiro atoms. The van der Waals surface area contributed by atoms with Gasteiger partial charge in [0, 0.05) is 33.6 Å². The number of nitrogens with zero attached hydrogens (tertiary/aromatic N) is 3. The lowest BCUT2D eigenvalue weighted by atomic mass is 9.37. The molecule has 0 radical (unpaired) electrons. The van der Waals surface area contributed by atoms with E-state index in [4.69, 9.17) is 9.97 Å². The Balaban J connectivity index is 1.32. The average Bonchev–Trinajstić information content (AvgIpc) is 3.28. The van der Waals surface area contributed by atoms with Gasteiger partial charge in [-0.05, 0) is 52.2 Å². The first-order valence-electron chi connectivity index (χ1n) is 14.2. The van der Waals surface area contributed by atoms with Gasteiger partial charge in [-0.3, -0.25) is 0 Å². The van der Waals surface area contributed by atoms with Crippen LogP contribution in [0.1, 0.15) is 19.4 Å². The summed E-state index contributed by atoms with van der Waals surface area (Å²) in [4.78, 5) is 12.8. The fourth-order valence-corrected chi connectivity index (χ4v) is 6.79. The maximum Gasteiger partial charge on any atom is 0.304 e. The molecule has 0 bridgehead atoms. The molecule has 0 unspecified atom stereocenters. The van der Waals surface area contributed by atoms with Crippen molar-refractivity contribution in [3.8, 4) is 45.0 Å². The van der Waals surface area contributed by atoms with Crippen molar-refractivity contribution in [2.75, 3.05) is 4.81 Å². The first-order valence-corrected chi connectivity index (χ1v) is 14.2. The molecule has 0 aliphatic carbocycles. The van der Waals surface area contributed by atoms with Crippen molar-refractivity contribution in [3.63, 3.8) is 0 Å². The third kappa shape index (κ3) is 3.67. The van der Waals surface area contributed by atoms with E-state index in [-0.39, 0.29) is 12.2 Å². The Morgan fingerprint density at radius 2 is 1.12 bits per heavy atom. The standard InChI is InChI=1S/C37H28BN3/c1-37(2)30-23-27(36-39-32(25-13-5-3-6-14-25)24-33(40-36)26-15-7-4-8-16-26)21-22-35(30)41-34-20-12-10-18-29(34)28-17-9-11-19-31(28)38(37)41/h3-24H,1-2H3. The van der Waals surface area contributed by atoms with Crippen LogP contribution in [-0.4, -0.2) is 16.8 Å². The maximum absolute atomic E-state index is 5.11. The van der Waals surface area contributed by atoms with E-state index in [1.54, 1.807) is 0 Å². The van der Waals surface area contributed by atoms with E-state index in [2.05, 4.69) is 140 Å². The van der Waals surface area contributed by atoms with Gasteiger partial charge >= 0.3 is 6.85 Å². The summed E-state index contributed by atoms with van der Waals surface area (Å²) in [6.45, 7) is 4.96. The number of hydrogen-bond donors (Lipinski definition) is 0. The zero-order chi connectivity index (χ0) is 27.6. The van der Waals surface area contributed by atoms with E-state index in [0.29, 0.717) is 0 Å². The zero-order valence-electron chi connectivity index (χ0n) is 23.1. The Labute approximate surface area is 241 Å². The summed E-state index contributed by atoms with van der Waals surface area (Å²) in [5.41, 5.74) is 12.9. The number of para-hydroxylation sites is 1. The molecule has 0 atom stereocenters. The molecule has 0 amide bonds. The second-order valence-electron chi connectivity index (χ2n) is 11.5. The second kappa shape index (κ2) is 9.04. The van der Waals surface area contributed by atoms with Crippen LogP contribution in [0.15, 0.2) is 133 Å². The lowest BCUT2D eigenvalue weighted by Crippen LogP contribution is -2.55. The summed E-state index contributed by atoms with van der Waals surface area (Å²) in [6.07, 6.45) is 0. The van der Waals surface area contributed by atoms with Gasteiger partial charge in [0.1, 0.15) is 0 Å². The number of anilines is 2. The van der Waals surface area contributed by atoms with Crippen LogP contribution in [0, 0.1) is 0 Å². The summed E-state index contributed by atoms with van der Waals surface area (Å²) >= 11 is 0. The number of hydrogen-bond acceptors (Lipinski definition) is 3. The maximum atomic E-state index is 5.11. The molecule has 2 aliphatic rings. The Hall–Kier alpha value is -4.96. The van der Waals surface area contributed by atoms with Gasteiger partial charge in [-0.25, -0.2) is 9.97 Å². The van der Waals surface area contributed by atoms with Crippen LogP contribution in [-0.2, 0) is 5.31 Å². The molecule has 0 fully saturated rings. The summed E-state index contributed by atoms with van der Waals surface area (Å²) in [6, 6.07) is 47.3. The highest BCUT2D eigenvalue weighted by Gasteiger charge is 2.52. The van der Waals surface area contributed by atoms with E-state index < -0.39 is 0 Å². The SMILES string of the molecule is CC1(C)B2c3ccccc3-c3ccccc3N2c2ccc(-c3nc(-c4ccccc4)cc(-c4ccccc4)n3)cc21. The van der Waals surface area contributed by atoms with Crippen molar-refractivity contribution in [3.05, 3.63) is 139 Å². The third-order valence-electron chi connectivity index (χ3n) is 8.72. The van der Waals surface area contributed by atoms with Gasteiger partial charge < -0.3 is 4.81 Å². The molecule has 41 heavy (non-hydrogen) atoms. The normalized spacial score (nSPS) is 14.2. The molecule has 2 aliphatic heterocycles. The number of fused-ring (bicyclic) bond motifs is 8. The van der Waals surface area contributed by atoms with Gasteiger partial charge in [-0.2, -0.15) is 0 Å². The smallest absolute Gasteiger partial charge is 0.304 e. The summed E-state index contributed by atoms with van der Waals surface area (Å²) in [7, 11) is 0. The molecule has 0 N–H and O–H groups in total. The van der Waals surface area contributed by atoms with E-state index in [0.717, 1.165) is 33.9 Å². The molecule has 0 saturated heterocycles. The number of rotatable bonds is 3. The summed E-state index contributed by atoms with van der Waals surface area (Å²) < 4.78 is 0. The molecule has 8 rings (SSSR count). The first kappa shape index (κ1) is 23.9. The van der Waals surface area contributed by atoms with Crippen LogP contribution in [0.3, 0.4) is 0 Å². The van der Waals surface area contributed by atoms with Crippen molar-refractivity contribution in [1.29, 1.82) is 0 Å². The minimum absolute atomic E-state index is 0.131. The van der Waals surface area contributed by atoms with E-state index in [9.17, 15) is 0 Å². The van der Waals surface area contributed by atoms with Crippen LogP contribution < -0.4 is 10.3 Å². The monoisotopic (exact) mass is 525 g/mol. The molecular weight excluding hydrogens is 497 g/mol. The van der Waals surface area contributed by atoms with Gasteiger partial charge in [0.05, 0.1) is 11.4 Å². The highest BCUT2D eigenvalue weighted by Crippen LogP contribution is 2.52. The van der Waals surface area contributed by atoms with Gasteiger partial charge in [-0.15, -0.1) is 0 Å². The van der Waals surface area contributed by atoms with Gasteiger partial charge in [0.25, 0.3) is 0 Å². The molecular formula is C37H28BN3. The first-order chi connectivity index (χ1) is 20.1. The van der Waals surface area contributed by atoms with Crippen molar-refractivity contribution in [2.24, 2.45) is 0 Å². The number of benzene rings is 5. The van der Waals surface area contributed by atoms with Crippen molar-refractivity contribution in [2.45, 2.75) is 19.2 Å². The van der Waals surface area contributed by atoms with Crippen molar-refractivity contribution < 1.29 is 0 Å². The highest BCUT2D eigenvalue weighted by atomic mass is 15.1. The van der Waals surface area contributed by atoms with E-state index in [1.165, 1.54) is 33.5 Å². The lowest BCUT2D eigenvalue weighted by Gasteiger charge is -2.38. The van der Waals surface area contributed by atoms with Crippen molar-refractivity contribution >= 4 is 23.7 Å². The lowest BCUT2D eigenvalue weighted by molar-refractivity contribution is 0.759. The molecule has 3 nitrogen and oxygen atoms in total. The summed E-state index contributed by atoms with van der Waals surface area (Å²) in [5.74, 6) is 0.745. The topological polar surface area (TPSA) is 29.0 Å². The average molecular weight is 525 g/mol. The predicted molar refractivity (Wildman–Crippen MR) is 171 cm³/mol. The quantitative estimate of drug-likeness (QED) is 0.218. The zero-order valence-corrected chi connectivity index (χ0v) is 23.1.